The van der Waals surface area contributed by atoms with Crippen LogP contribution < -0.4 is 5.32 Å². The predicted octanol–water partition coefficient (Wildman–Crippen LogP) is 1.76. The molecule has 1 aliphatic heterocycles. The molecule has 6 nitrogen and oxygen atoms in total. The summed E-state index contributed by atoms with van der Waals surface area (Å²) in [5, 5.41) is 11.8. The summed E-state index contributed by atoms with van der Waals surface area (Å²) in [4.78, 5) is 26.8. The molecule has 6 heteroatoms. The van der Waals surface area contributed by atoms with Crippen molar-refractivity contribution in [2.75, 3.05) is 26.7 Å². The molecule has 0 saturated carbocycles. The molecule has 2 N–H and O–H groups in total. The van der Waals surface area contributed by atoms with E-state index in [4.69, 9.17) is 5.11 Å². The highest BCUT2D eigenvalue weighted by molar-refractivity contribution is 5.76. The van der Waals surface area contributed by atoms with Crippen molar-refractivity contribution in [3.05, 3.63) is 0 Å². The number of rotatable bonds is 8. The summed E-state index contributed by atoms with van der Waals surface area (Å²) in [5.74, 6) is -0.837. The second-order valence-electron chi connectivity index (χ2n) is 6.10. The Morgan fingerprint density at radius 1 is 1.38 bits per heavy atom. The number of carboxylic acid groups (broad SMARTS) is 1. The third kappa shape index (κ3) is 6.33. The molecule has 1 aliphatic rings. The van der Waals surface area contributed by atoms with Gasteiger partial charge in [0.25, 0.3) is 0 Å². The van der Waals surface area contributed by atoms with Crippen molar-refractivity contribution in [1.82, 2.24) is 15.1 Å². The fourth-order valence-electron chi connectivity index (χ4n) is 2.56. The maximum Gasteiger partial charge on any atom is 0.317 e. The van der Waals surface area contributed by atoms with Crippen molar-refractivity contribution in [3.8, 4) is 0 Å². The number of urea groups is 1. The molecule has 0 spiro atoms. The zero-order valence-electron chi connectivity index (χ0n) is 13.5. The highest BCUT2D eigenvalue weighted by atomic mass is 16.4. The van der Waals surface area contributed by atoms with Crippen LogP contribution in [0.2, 0.25) is 0 Å². The van der Waals surface area contributed by atoms with Crippen molar-refractivity contribution in [2.45, 2.75) is 58.0 Å². The summed E-state index contributed by atoms with van der Waals surface area (Å²) >= 11 is 0. The number of carbonyl (C=O) groups is 2. The van der Waals surface area contributed by atoms with E-state index in [-0.39, 0.29) is 18.5 Å². The Kier molecular flexibility index (Phi) is 7.50. The molecular weight excluding hydrogens is 270 g/mol. The van der Waals surface area contributed by atoms with Gasteiger partial charge in [0.1, 0.15) is 0 Å². The first-order valence-electron chi connectivity index (χ1n) is 7.88. The van der Waals surface area contributed by atoms with E-state index in [2.05, 4.69) is 31.1 Å². The molecule has 1 fully saturated rings. The van der Waals surface area contributed by atoms with Crippen LogP contribution in [0.5, 0.6) is 0 Å². The van der Waals surface area contributed by atoms with Crippen molar-refractivity contribution in [1.29, 1.82) is 0 Å². The first-order valence-corrected chi connectivity index (χ1v) is 7.88. The van der Waals surface area contributed by atoms with Gasteiger partial charge in [0.2, 0.25) is 0 Å². The largest absolute Gasteiger partial charge is 0.481 e. The van der Waals surface area contributed by atoms with Gasteiger partial charge < -0.3 is 20.2 Å². The van der Waals surface area contributed by atoms with Crippen molar-refractivity contribution in [2.24, 2.45) is 0 Å². The summed E-state index contributed by atoms with van der Waals surface area (Å²) in [7, 11) is 2.10. The van der Waals surface area contributed by atoms with E-state index >= 15 is 0 Å². The summed E-state index contributed by atoms with van der Waals surface area (Å²) < 4.78 is 0. The first-order chi connectivity index (χ1) is 9.91. The topological polar surface area (TPSA) is 72.9 Å². The van der Waals surface area contributed by atoms with Gasteiger partial charge in [-0.05, 0) is 53.1 Å². The Hall–Kier alpha value is -1.30. The molecule has 0 aromatic heterocycles. The van der Waals surface area contributed by atoms with Gasteiger partial charge in [-0.1, -0.05) is 0 Å². The quantitative estimate of drug-likeness (QED) is 0.670. The maximum atomic E-state index is 12.1. The van der Waals surface area contributed by atoms with Crippen LogP contribution in [0.4, 0.5) is 4.79 Å². The third-order valence-corrected chi connectivity index (χ3v) is 4.14. The molecule has 0 aliphatic carbocycles. The van der Waals surface area contributed by atoms with E-state index in [0.717, 1.165) is 32.2 Å². The number of unbranched alkanes of at least 4 members (excludes halogenated alkanes) is 1. The molecule has 0 aromatic rings. The van der Waals surface area contributed by atoms with Crippen molar-refractivity contribution >= 4 is 12.0 Å². The Labute approximate surface area is 127 Å². The number of likely N-dealkylation sites (tertiary alicyclic amines) is 1. The Morgan fingerprint density at radius 2 is 2.10 bits per heavy atom. The molecule has 2 amide bonds. The van der Waals surface area contributed by atoms with Crippen LogP contribution in [0.3, 0.4) is 0 Å². The Morgan fingerprint density at radius 3 is 2.71 bits per heavy atom. The SMILES string of the molecule is CC(C)N(C)CCCCNC(=O)N1CCCC1CC(=O)O. The van der Waals surface area contributed by atoms with Crippen LogP contribution in [0.1, 0.15) is 46.0 Å². The van der Waals surface area contributed by atoms with Crippen molar-refractivity contribution in [3.63, 3.8) is 0 Å². The molecule has 1 saturated heterocycles. The maximum absolute atomic E-state index is 12.1. The van der Waals surface area contributed by atoms with E-state index in [1.807, 2.05) is 0 Å². The molecule has 0 aromatic carbocycles. The average Bonchev–Trinajstić information content (AvgIpc) is 2.85. The minimum Gasteiger partial charge on any atom is -0.481 e. The van der Waals surface area contributed by atoms with Gasteiger partial charge in [-0.15, -0.1) is 0 Å². The van der Waals surface area contributed by atoms with Gasteiger partial charge in [0.05, 0.1) is 6.42 Å². The number of amides is 2. The van der Waals surface area contributed by atoms with Gasteiger partial charge in [-0.2, -0.15) is 0 Å². The monoisotopic (exact) mass is 299 g/mol. The van der Waals surface area contributed by atoms with E-state index in [9.17, 15) is 9.59 Å². The lowest BCUT2D eigenvalue weighted by Gasteiger charge is -2.24. The minimum absolute atomic E-state index is 0.0482. The first kappa shape index (κ1) is 17.8. The molecule has 1 unspecified atom stereocenters. The summed E-state index contributed by atoms with van der Waals surface area (Å²) in [6.45, 7) is 6.68. The zero-order valence-corrected chi connectivity index (χ0v) is 13.5. The van der Waals surface area contributed by atoms with Crippen LogP contribution in [0.15, 0.2) is 0 Å². The van der Waals surface area contributed by atoms with Crippen LogP contribution >= 0.6 is 0 Å². The number of carbonyl (C=O) groups excluding carboxylic acids is 1. The standard InChI is InChI=1S/C15H29N3O3/c1-12(2)17(3)9-5-4-8-16-15(21)18-10-6-7-13(18)11-14(19)20/h12-13H,4-11H2,1-3H3,(H,16,21)(H,19,20). The Bertz CT molecular complexity index is 347. The van der Waals surface area contributed by atoms with E-state index in [1.54, 1.807) is 4.90 Å². The third-order valence-electron chi connectivity index (χ3n) is 4.14. The molecule has 0 bridgehead atoms. The smallest absolute Gasteiger partial charge is 0.317 e. The van der Waals surface area contributed by atoms with Gasteiger partial charge in [-0.3, -0.25) is 4.79 Å². The number of aliphatic carboxylic acids is 1. The van der Waals surface area contributed by atoms with E-state index in [0.29, 0.717) is 19.1 Å². The molecule has 1 rings (SSSR count). The van der Waals surface area contributed by atoms with E-state index < -0.39 is 5.97 Å². The van der Waals surface area contributed by atoms with Crippen molar-refractivity contribution < 1.29 is 14.7 Å². The number of nitrogens with zero attached hydrogens (tertiary/aromatic N) is 2. The van der Waals surface area contributed by atoms with Gasteiger partial charge >= 0.3 is 12.0 Å². The summed E-state index contributed by atoms with van der Waals surface area (Å²) in [5.41, 5.74) is 0. The molecular formula is C15H29N3O3. The molecule has 1 atom stereocenters. The number of nitrogens with one attached hydrogen (secondary N) is 1. The molecule has 1 heterocycles. The normalized spacial score (nSPS) is 18.5. The van der Waals surface area contributed by atoms with Gasteiger partial charge in [0, 0.05) is 25.2 Å². The minimum atomic E-state index is -0.837. The lowest BCUT2D eigenvalue weighted by Crippen LogP contribution is -2.43. The van der Waals surface area contributed by atoms with Crippen LogP contribution in [-0.2, 0) is 4.79 Å². The average molecular weight is 299 g/mol. The van der Waals surface area contributed by atoms with Crippen LogP contribution in [0.25, 0.3) is 0 Å². The predicted molar refractivity (Wildman–Crippen MR) is 82.4 cm³/mol. The van der Waals surface area contributed by atoms with Crippen LogP contribution in [0, 0.1) is 0 Å². The van der Waals surface area contributed by atoms with Gasteiger partial charge in [0.15, 0.2) is 0 Å². The molecule has 122 valence electrons. The zero-order chi connectivity index (χ0) is 15.8. The number of hydrogen-bond acceptors (Lipinski definition) is 3. The van der Waals surface area contributed by atoms with E-state index in [1.165, 1.54) is 0 Å². The number of carboxylic acids is 1. The fourth-order valence-corrected chi connectivity index (χ4v) is 2.56. The molecule has 0 radical (unpaired) electrons. The highest BCUT2D eigenvalue weighted by Gasteiger charge is 2.29. The Balaban J connectivity index is 2.20. The highest BCUT2D eigenvalue weighted by Crippen LogP contribution is 2.19. The number of hydrogen-bond donors (Lipinski definition) is 2. The fraction of sp³-hybridized carbons (Fsp3) is 0.867. The van der Waals surface area contributed by atoms with Gasteiger partial charge in [-0.25, -0.2) is 4.79 Å². The summed E-state index contributed by atoms with van der Waals surface area (Å²) in [6.07, 6.45) is 3.73. The lowest BCUT2D eigenvalue weighted by molar-refractivity contribution is -0.137. The second kappa shape index (κ2) is 8.87. The van der Waals surface area contributed by atoms with Crippen LogP contribution in [-0.4, -0.2) is 65.7 Å². The molecule has 21 heavy (non-hydrogen) atoms. The summed E-state index contributed by atoms with van der Waals surface area (Å²) in [6, 6.07) is 0.284. The lowest BCUT2D eigenvalue weighted by atomic mass is 10.1. The second-order valence-corrected chi connectivity index (χ2v) is 6.10.